The quantitative estimate of drug-likeness (QED) is 0.355. The molecule has 1 aliphatic rings. The molecule has 8 nitrogen and oxygen atoms in total. The molecular weight excluding hydrogens is 462 g/mol. The number of carbonyl (C=O) groups excluding carboxylic acids is 2. The summed E-state index contributed by atoms with van der Waals surface area (Å²) in [6, 6.07) is 13.0. The maximum Gasteiger partial charge on any atom is 0.261 e. The molecule has 0 radical (unpaired) electrons. The number of nitrogens with one attached hydrogen (secondary N) is 3. The summed E-state index contributed by atoms with van der Waals surface area (Å²) >= 11 is 1.41. The van der Waals surface area contributed by atoms with Crippen molar-refractivity contribution >= 4 is 34.1 Å². The predicted octanol–water partition coefficient (Wildman–Crippen LogP) is 4.48. The molecule has 2 amide bonds. The van der Waals surface area contributed by atoms with E-state index in [1.54, 1.807) is 12.3 Å². The lowest BCUT2D eigenvalue weighted by Gasteiger charge is -2.22. The van der Waals surface area contributed by atoms with Gasteiger partial charge in [0.1, 0.15) is 0 Å². The first-order valence-corrected chi connectivity index (χ1v) is 12.7. The van der Waals surface area contributed by atoms with E-state index in [9.17, 15) is 9.59 Å². The second-order valence-electron chi connectivity index (χ2n) is 8.61. The van der Waals surface area contributed by atoms with Crippen molar-refractivity contribution in [2.75, 3.05) is 13.2 Å². The molecule has 180 valence electrons. The Morgan fingerprint density at radius 3 is 2.86 bits per heavy atom. The molecule has 9 heteroatoms. The Kier molecular flexibility index (Phi) is 6.87. The van der Waals surface area contributed by atoms with Crippen LogP contribution < -0.4 is 10.6 Å². The first-order valence-electron chi connectivity index (χ1n) is 11.8. The molecule has 4 heterocycles. The fourth-order valence-corrected chi connectivity index (χ4v) is 5.01. The summed E-state index contributed by atoms with van der Waals surface area (Å²) < 4.78 is 5.36. The summed E-state index contributed by atoms with van der Waals surface area (Å²) in [6.45, 7) is 3.39. The molecule has 0 spiro atoms. The molecule has 1 saturated heterocycles. The molecule has 1 fully saturated rings. The molecule has 1 atom stereocenters. The van der Waals surface area contributed by atoms with Gasteiger partial charge < -0.3 is 15.4 Å². The maximum absolute atomic E-state index is 12.9. The third-order valence-electron chi connectivity index (χ3n) is 6.22. The molecule has 3 N–H and O–H groups in total. The van der Waals surface area contributed by atoms with E-state index in [0.29, 0.717) is 30.1 Å². The van der Waals surface area contributed by atoms with Crippen molar-refractivity contribution in [3.63, 3.8) is 0 Å². The minimum Gasteiger partial charge on any atom is -0.381 e. The predicted molar refractivity (Wildman–Crippen MR) is 135 cm³/mol. The van der Waals surface area contributed by atoms with E-state index in [2.05, 4.69) is 20.8 Å². The molecule has 4 aromatic rings. The first kappa shape index (κ1) is 23.2. The second-order valence-corrected chi connectivity index (χ2v) is 9.52. The molecule has 1 aliphatic heterocycles. The van der Waals surface area contributed by atoms with Crippen molar-refractivity contribution in [1.82, 2.24) is 25.8 Å². The van der Waals surface area contributed by atoms with Crippen LogP contribution in [-0.2, 0) is 4.74 Å². The Balaban J connectivity index is 1.29. The third kappa shape index (κ3) is 5.26. The highest BCUT2D eigenvalue weighted by atomic mass is 32.1. The van der Waals surface area contributed by atoms with Crippen LogP contribution in [0.3, 0.4) is 0 Å². The van der Waals surface area contributed by atoms with Crippen LogP contribution in [0.25, 0.3) is 22.2 Å². The van der Waals surface area contributed by atoms with Crippen LogP contribution in [0.2, 0.25) is 0 Å². The standard InChI is InChI=1S/C26H27N5O3S/c1-2-20(30-25(32)16-6-7-22-17(12-16)14-27-31-22)23-5-3-4-21(29-23)18-13-24(35-15-18)26(33)28-19-8-10-34-11-9-19/h3-7,12-15,19-20H,2,8-11H2,1H3,(H,27,31)(H,28,33)(H,30,32). The average molecular weight is 490 g/mol. The highest BCUT2D eigenvalue weighted by Crippen LogP contribution is 2.26. The van der Waals surface area contributed by atoms with Crippen molar-refractivity contribution in [2.45, 2.75) is 38.3 Å². The van der Waals surface area contributed by atoms with Gasteiger partial charge in [-0.25, -0.2) is 0 Å². The molecule has 3 aromatic heterocycles. The lowest BCUT2D eigenvalue weighted by molar-refractivity contribution is 0.0698. The zero-order valence-electron chi connectivity index (χ0n) is 19.4. The average Bonchev–Trinajstić information content (AvgIpc) is 3.57. The molecule has 1 aromatic carbocycles. The minimum atomic E-state index is -0.238. The van der Waals surface area contributed by atoms with E-state index in [4.69, 9.17) is 9.72 Å². The number of carbonyl (C=O) groups is 2. The van der Waals surface area contributed by atoms with Crippen LogP contribution in [0.5, 0.6) is 0 Å². The SMILES string of the molecule is CCC(NC(=O)c1ccc2[nH]ncc2c1)c1cccc(-c2csc(C(=O)NC3CCOCC3)c2)n1. The number of thiophene rings is 1. The molecule has 0 saturated carbocycles. The van der Waals surface area contributed by atoms with Gasteiger partial charge in [-0.15, -0.1) is 11.3 Å². The summed E-state index contributed by atoms with van der Waals surface area (Å²) in [7, 11) is 0. The van der Waals surface area contributed by atoms with Crippen molar-refractivity contribution in [1.29, 1.82) is 0 Å². The van der Waals surface area contributed by atoms with Gasteiger partial charge in [-0.3, -0.25) is 19.7 Å². The number of hydrogen-bond acceptors (Lipinski definition) is 6. The van der Waals surface area contributed by atoms with Gasteiger partial charge in [0, 0.05) is 41.1 Å². The van der Waals surface area contributed by atoms with E-state index in [1.807, 2.05) is 48.7 Å². The topological polar surface area (TPSA) is 109 Å². The number of pyridine rings is 1. The Morgan fingerprint density at radius 2 is 2.03 bits per heavy atom. The molecular formula is C26H27N5O3S. The summed E-state index contributed by atoms with van der Waals surface area (Å²) in [5.74, 6) is -0.215. The summed E-state index contributed by atoms with van der Waals surface area (Å²) in [5, 5.41) is 15.9. The van der Waals surface area contributed by atoms with Gasteiger partial charge in [0.15, 0.2) is 0 Å². The monoisotopic (exact) mass is 489 g/mol. The van der Waals surface area contributed by atoms with E-state index < -0.39 is 0 Å². The van der Waals surface area contributed by atoms with Crippen LogP contribution >= 0.6 is 11.3 Å². The molecule has 0 bridgehead atoms. The van der Waals surface area contributed by atoms with Crippen LogP contribution in [-0.4, -0.2) is 46.3 Å². The van der Waals surface area contributed by atoms with Crippen LogP contribution in [0.4, 0.5) is 0 Å². The number of benzene rings is 1. The maximum atomic E-state index is 12.9. The molecule has 0 aliphatic carbocycles. The second kappa shape index (κ2) is 10.4. The zero-order chi connectivity index (χ0) is 24.2. The van der Waals surface area contributed by atoms with Gasteiger partial charge in [-0.05, 0) is 55.7 Å². The van der Waals surface area contributed by atoms with Crippen molar-refractivity contribution in [3.8, 4) is 11.3 Å². The van der Waals surface area contributed by atoms with Crippen LogP contribution in [0.15, 0.2) is 54.0 Å². The number of aromatic nitrogens is 3. The normalized spacial score (nSPS) is 15.1. The number of rotatable bonds is 7. The molecule has 1 unspecified atom stereocenters. The minimum absolute atomic E-state index is 0.0578. The third-order valence-corrected chi connectivity index (χ3v) is 7.15. The summed E-state index contributed by atoms with van der Waals surface area (Å²) in [4.78, 5) is 31.1. The number of hydrogen-bond donors (Lipinski definition) is 3. The number of amides is 2. The number of ether oxygens (including phenoxy) is 1. The van der Waals surface area contributed by atoms with Crippen molar-refractivity contribution < 1.29 is 14.3 Å². The van der Waals surface area contributed by atoms with E-state index in [-0.39, 0.29) is 23.9 Å². The van der Waals surface area contributed by atoms with Gasteiger partial charge in [-0.2, -0.15) is 5.10 Å². The summed E-state index contributed by atoms with van der Waals surface area (Å²) in [6.07, 6.45) is 4.08. The van der Waals surface area contributed by atoms with Crippen molar-refractivity contribution in [3.05, 3.63) is 70.2 Å². The van der Waals surface area contributed by atoms with Gasteiger partial charge in [0.2, 0.25) is 0 Å². The molecule has 35 heavy (non-hydrogen) atoms. The number of H-pyrrole nitrogens is 1. The number of aromatic amines is 1. The fraction of sp³-hybridized carbons (Fsp3) is 0.308. The Hall–Kier alpha value is -3.56. The Morgan fingerprint density at radius 1 is 1.17 bits per heavy atom. The van der Waals surface area contributed by atoms with Crippen LogP contribution in [0.1, 0.15) is 58.0 Å². The summed E-state index contributed by atoms with van der Waals surface area (Å²) in [5.41, 5.74) is 3.91. The van der Waals surface area contributed by atoms with E-state index in [0.717, 1.165) is 40.7 Å². The Bertz CT molecular complexity index is 1340. The molecule has 5 rings (SSSR count). The number of fused-ring (bicyclic) bond motifs is 1. The van der Waals surface area contributed by atoms with Crippen LogP contribution in [0, 0.1) is 0 Å². The van der Waals surface area contributed by atoms with Gasteiger partial charge in [0.05, 0.1) is 34.0 Å². The van der Waals surface area contributed by atoms with Gasteiger partial charge >= 0.3 is 0 Å². The van der Waals surface area contributed by atoms with Crippen molar-refractivity contribution in [2.24, 2.45) is 0 Å². The highest BCUT2D eigenvalue weighted by Gasteiger charge is 2.20. The Labute approximate surface area is 207 Å². The van der Waals surface area contributed by atoms with Gasteiger partial charge in [0.25, 0.3) is 11.8 Å². The highest BCUT2D eigenvalue weighted by molar-refractivity contribution is 7.12. The van der Waals surface area contributed by atoms with Gasteiger partial charge in [-0.1, -0.05) is 13.0 Å². The lowest BCUT2D eigenvalue weighted by atomic mass is 10.1. The largest absolute Gasteiger partial charge is 0.381 e. The van der Waals surface area contributed by atoms with E-state index >= 15 is 0 Å². The number of nitrogens with zero attached hydrogens (tertiary/aromatic N) is 2. The lowest BCUT2D eigenvalue weighted by Crippen LogP contribution is -2.38. The first-order chi connectivity index (χ1) is 17.1. The fourth-order valence-electron chi connectivity index (χ4n) is 4.21. The van der Waals surface area contributed by atoms with E-state index in [1.165, 1.54) is 11.3 Å². The smallest absolute Gasteiger partial charge is 0.261 e. The zero-order valence-corrected chi connectivity index (χ0v) is 20.2.